The van der Waals surface area contributed by atoms with Gasteiger partial charge in [0, 0.05) is 25.7 Å². The predicted octanol–water partition coefficient (Wildman–Crippen LogP) is 19.7. The van der Waals surface area contributed by atoms with Gasteiger partial charge in [-0.2, -0.15) is 0 Å². The van der Waals surface area contributed by atoms with Gasteiger partial charge in [-0.05, 0) is 31.6 Å². The van der Waals surface area contributed by atoms with Crippen LogP contribution in [0.1, 0.15) is 356 Å². The van der Waals surface area contributed by atoms with Crippen LogP contribution in [-0.4, -0.2) is 96.7 Å². The zero-order chi connectivity index (χ0) is 64.9. The molecule has 88 heavy (non-hydrogen) atoms. The second-order valence-corrected chi connectivity index (χ2v) is 28.3. The van der Waals surface area contributed by atoms with Crippen molar-refractivity contribution in [2.75, 3.05) is 39.6 Å². The molecule has 0 radical (unpaired) electrons. The Bertz CT molecular complexity index is 1700. The Morgan fingerprint density at radius 2 is 0.523 bits per heavy atom. The summed E-state index contributed by atoms with van der Waals surface area (Å²) >= 11 is 0. The molecule has 0 spiro atoms. The van der Waals surface area contributed by atoms with E-state index >= 15 is 0 Å². The van der Waals surface area contributed by atoms with E-state index in [0.717, 1.165) is 95.8 Å². The molecule has 0 aromatic rings. The lowest BCUT2D eigenvalue weighted by Crippen LogP contribution is -2.30. The average molecular weight is 1300 g/mol. The Morgan fingerprint density at radius 3 is 0.773 bits per heavy atom. The second kappa shape index (κ2) is 62.5. The van der Waals surface area contributed by atoms with Crippen molar-refractivity contribution in [2.24, 2.45) is 5.92 Å². The van der Waals surface area contributed by atoms with Crippen LogP contribution in [0.2, 0.25) is 0 Å². The van der Waals surface area contributed by atoms with Crippen molar-refractivity contribution in [1.82, 2.24) is 0 Å². The van der Waals surface area contributed by atoms with E-state index in [1.165, 1.54) is 180 Å². The molecule has 17 nitrogen and oxygen atoms in total. The molecule has 0 aromatic heterocycles. The van der Waals surface area contributed by atoms with Crippen LogP contribution in [0.15, 0.2) is 0 Å². The zero-order valence-corrected chi connectivity index (χ0v) is 58.6. The third kappa shape index (κ3) is 62.8. The summed E-state index contributed by atoms with van der Waals surface area (Å²) in [4.78, 5) is 72.4. The molecule has 19 heteroatoms. The number of hydrogen-bond donors (Lipinski definition) is 3. The molecule has 0 saturated heterocycles. The molecule has 0 aliphatic heterocycles. The first kappa shape index (κ1) is 86.1. The van der Waals surface area contributed by atoms with Gasteiger partial charge in [-0.15, -0.1) is 0 Å². The molecule has 0 aliphatic rings. The largest absolute Gasteiger partial charge is 0.472 e. The first-order valence-corrected chi connectivity index (χ1v) is 39.1. The standard InChI is InChI=1S/C69H134O17P2/c1-6-9-12-15-18-21-23-24-25-26-27-28-29-34-40-45-50-55-69(74)86-65(59-80-67(72)53-48-43-38-35-30-32-36-41-46-51-62(4)5)61-84-88(77,78)82-57-63(70)56-81-87(75,76)83-60-64(58-79-66(71)52-47-42-37-31-20-17-14-11-8-3)85-68(73)54-49-44-39-33-22-19-16-13-10-7-2/h62-65,70H,6-61H2,1-5H3,(H,75,76)(H,77,78)/t63-,64+,65+/m0/s1. The fourth-order valence-corrected chi connectivity index (χ4v) is 12.0. The van der Waals surface area contributed by atoms with Gasteiger partial charge in [0.05, 0.1) is 26.4 Å². The Kier molecular flexibility index (Phi) is 61.1. The minimum atomic E-state index is -4.95. The molecule has 0 amide bonds. The molecule has 0 bridgehead atoms. The maximum atomic E-state index is 13.0. The third-order valence-corrected chi connectivity index (χ3v) is 17.9. The van der Waals surface area contributed by atoms with E-state index in [4.69, 9.17) is 37.0 Å². The van der Waals surface area contributed by atoms with E-state index in [9.17, 15) is 43.2 Å². The van der Waals surface area contributed by atoms with Crippen LogP contribution in [0.5, 0.6) is 0 Å². The van der Waals surface area contributed by atoms with Gasteiger partial charge in [-0.25, -0.2) is 9.13 Å². The van der Waals surface area contributed by atoms with Gasteiger partial charge in [0.1, 0.15) is 19.3 Å². The highest BCUT2D eigenvalue weighted by atomic mass is 31.2. The molecule has 522 valence electrons. The number of phosphoric ester groups is 2. The number of ether oxygens (including phenoxy) is 4. The van der Waals surface area contributed by atoms with Crippen molar-refractivity contribution in [2.45, 2.75) is 374 Å². The minimum Gasteiger partial charge on any atom is -0.462 e. The van der Waals surface area contributed by atoms with Gasteiger partial charge in [-0.1, -0.05) is 304 Å². The molecule has 5 atom stereocenters. The SMILES string of the molecule is CCCCCCCCCCCCCCCCCCCC(=O)O[C@H](COC(=O)CCCCCCCCCCCC(C)C)COP(=O)(O)OC[C@@H](O)COP(=O)(O)OC[C@@H](COC(=O)CCCCCCCCCCC)OC(=O)CCCCCCCCCCCC. The van der Waals surface area contributed by atoms with Crippen LogP contribution < -0.4 is 0 Å². The minimum absolute atomic E-state index is 0.107. The van der Waals surface area contributed by atoms with Crippen molar-refractivity contribution in [3.8, 4) is 0 Å². The smallest absolute Gasteiger partial charge is 0.462 e. The van der Waals surface area contributed by atoms with Gasteiger partial charge in [-0.3, -0.25) is 37.3 Å². The number of rotatable bonds is 69. The van der Waals surface area contributed by atoms with Crippen LogP contribution in [-0.2, 0) is 65.4 Å². The number of carbonyl (C=O) groups excluding carboxylic acids is 4. The van der Waals surface area contributed by atoms with Crippen LogP contribution >= 0.6 is 15.6 Å². The van der Waals surface area contributed by atoms with Gasteiger partial charge < -0.3 is 33.8 Å². The lowest BCUT2D eigenvalue weighted by Gasteiger charge is -2.21. The molecule has 0 heterocycles. The fourth-order valence-electron chi connectivity index (χ4n) is 10.5. The van der Waals surface area contributed by atoms with Crippen LogP contribution in [0.25, 0.3) is 0 Å². The molecule has 3 N–H and O–H groups in total. The summed E-state index contributed by atoms with van der Waals surface area (Å²) in [6.45, 7) is 7.20. The lowest BCUT2D eigenvalue weighted by atomic mass is 10.0. The summed E-state index contributed by atoms with van der Waals surface area (Å²) in [5.74, 6) is -1.38. The summed E-state index contributed by atoms with van der Waals surface area (Å²) in [6.07, 6.45) is 48.5. The summed E-state index contributed by atoms with van der Waals surface area (Å²) in [7, 11) is -9.89. The van der Waals surface area contributed by atoms with E-state index in [1.807, 2.05) is 0 Å². The Labute approximate surface area is 537 Å². The van der Waals surface area contributed by atoms with Gasteiger partial charge in [0.25, 0.3) is 0 Å². The second-order valence-electron chi connectivity index (χ2n) is 25.4. The molecular formula is C69H134O17P2. The van der Waals surface area contributed by atoms with Crippen LogP contribution in [0.4, 0.5) is 0 Å². The van der Waals surface area contributed by atoms with Crippen molar-refractivity contribution in [3.05, 3.63) is 0 Å². The normalized spacial score (nSPS) is 14.1. The number of aliphatic hydroxyl groups is 1. The quantitative estimate of drug-likeness (QED) is 0.0222. The lowest BCUT2D eigenvalue weighted by molar-refractivity contribution is -0.161. The molecule has 0 aliphatic carbocycles. The number of hydrogen-bond acceptors (Lipinski definition) is 15. The number of esters is 4. The zero-order valence-electron chi connectivity index (χ0n) is 56.9. The highest BCUT2D eigenvalue weighted by Crippen LogP contribution is 2.45. The topological polar surface area (TPSA) is 237 Å². The summed E-state index contributed by atoms with van der Waals surface area (Å²) in [6, 6.07) is 0. The third-order valence-electron chi connectivity index (χ3n) is 16.0. The molecule has 0 aromatic carbocycles. The summed E-state index contributed by atoms with van der Waals surface area (Å²) in [5.41, 5.74) is 0. The van der Waals surface area contributed by atoms with Crippen LogP contribution in [0, 0.1) is 5.92 Å². The monoisotopic (exact) mass is 1300 g/mol. The van der Waals surface area contributed by atoms with Crippen LogP contribution in [0.3, 0.4) is 0 Å². The molecular weight excluding hydrogens is 1160 g/mol. The summed E-state index contributed by atoms with van der Waals surface area (Å²) in [5, 5.41) is 10.6. The molecule has 0 fully saturated rings. The first-order valence-electron chi connectivity index (χ1n) is 36.1. The predicted molar refractivity (Wildman–Crippen MR) is 354 cm³/mol. The Morgan fingerprint density at radius 1 is 0.307 bits per heavy atom. The fraction of sp³-hybridized carbons (Fsp3) is 0.942. The number of carbonyl (C=O) groups is 4. The van der Waals surface area contributed by atoms with Gasteiger partial charge in [0.2, 0.25) is 0 Å². The number of aliphatic hydroxyl groups excluding tert-OH is 1. The highest BCUT2D eigenvalue weighted by molar-refractivity contribution is 7.47. The Balaban J connectivity index is 5.21. The highest BCUT2D eigenvalue weighted by Gasteiger charge is 2.30. The van der Waals surface area contributed by atoms with Gasteiger partial charge in [0.15, 0.2) is 12.2 Å². The molecule has 0 rings (SSSR count). The number of phosphoric acid groups is 2. The van der Waals surface area contributed by atoms with E-state index in [0.29, 0.717) is 25.7 Å². The van der Waals surface area contributed by atoms with E-state index in [-0.39, 0.29) is 25.7 Å². The van der Waals surface area contributed by atoms with Crippen molar-refractivity contribution in [3.63, 3.8) is 0 Å². The number of unbranched alkanes of at least 4 members (excludes halogenated alkanes) is 41. The van der Waals surface area contributed by atoms with Crippen molar-refractivity contribution >= 4 is 39.5 Å². The maximum absolute atomic E-state index is 13.0. The van der Waals surface area contributed by atoms with E-state index < -0.39 is 97.5 Å². The Hall–Kier alpha value is -1.94. The van der Waals surface area contributed by atoms with Crippen molar-refractivity contribution in [1.29, 1.82) is 0 Å². The maximum Gasteiger partial charge on any atom is 0.472 e. The van der Waals surface area contributed by atoms with Gasteiger partial charge >= 0.3 is 39.5 Å². The first-order chi connectivity index (χ1) is 42.5. The molecule has 2 unspecified atom stereocenters. The van der Waals surface area contributed by atoms with E-state index in [1.54, 1.807) is 0 Å². The average Bonchev–Trinajstić information content (AvgIpc) is 3.52. The molecule has 0 saturated carbocycles. The van der Waals surface area contributed by atoms with Crippen molar-refractivity contribution < 1.29 is 80.2 Å². The van der Waals surface area contributed by atoms with E-state index in [2.05, 4.69) is 34.6 Å². The summed E-state index contributed by atoms with van der Waals surface area (Å²) < 4.78 is 68.2.